The Balaban J connectivity index is 3.91. The van der Waals surface area contributed by atoms with Crippen molar-refractivity contribution in [2.75, 3.05) is 41.3 Å². The molecule has 0 aliphatic carbocycles. The number of hydrogen-bond acceptors (Lipinski definition) is 2. The molecule has 3 heteroatoms. The van der Waals surface area contributed by atoms with Crippen LogP contribution in [0.3, 0.4) is 0 Å². The maximum Gasteiger partial charge on any atom is 0.0277 e. The standard InChI is InChI=1S/C10H23IN2/c1-6-9(7-12(2)3)10(11)8-13(4)5/h9-10H,6-8H2,1-5H3. The van der Waals surface area contributed by atoms with Gasteiger partial charge in [0.2, 0.25) is 0 Å². The summed E-state index contributed by atoms with van der Waals surface area (Å²) < 4.78 is 0.764. The molecule has 0 N–H and O–H groups in total. The zero-order valence-electron chi connectivity index (χ0n) is 9.55. The Morgan fingerprint density at radius 1 is 1.00 bits per heavy atom. The van der Waals surface area contributed by atoms with Crippen molar-refractivity contribution in [2.45, 2.75) is 17.3 Å². The van der Waals surface area contributed by atoms with E-state index in [1.54, 1.807) is 0 Å². The molecule has 0 fully saturated rings. The third kappa shape index (κ3) is 6.69. The minimum absolute atomic E-state index is 0.764. The molecule has 2 nitrogen and oxygen atoms in total. The number of halogens is 1. The first-order chi connectivity index (χ1) is 5.97. The van der Waals surface area contributed by atoms with E-state index in [9.17, 15) is 0 Å². The van der Waals surface area contributed by atoms with Gasteiger partial charge in [-0.1, -0.05) is 35.9 Å². The van der Waals surface area contributed by atoms with Gasteiger partial charge in [0, 0.05) is 17.0 Å². The average molecular weight is 298 g/mol. The van der Waals surface area contributed by atoms with E-state index >= 15 is 0 Å². The van der Waals surface area contributed by atoms with Crippen LogP contribution in [0.1, 0.15) is 13.3 Å². The molecular weight excluding hydrogens is 275 g/mol. The Labute approximate surface area is 96.8 Å². The Hall–Kier alpha value is 0.650. The fourth-order valence-electron chi connectivity index (χ4n) is 1.47. The molecule has 2 unspecified atom stereocenters. The highest BCUT2D eigenvalue weighted by atomic mass is 127. The van der Waals surface area contributed by atoms with E-state index < -0.39 is 0 Å². The van der Waals surface area contributed by atoms with Gasteiger partial charge >= 0.3 is 0 Å². The van der Waals surface area contributed by atoms with E-state index in [-0.39, 0.29) is 0 Å². The maximum atomic E-state index is 2.58. The molecule has 0 bridgehead atoms. The Morgan fingerprint density at radius 2 is 1.46 bits per heavy atom. The normalized spacial score (nSPS) is 16.6. The van der Waals surface area contributed by atoms with Crippen molar-refractivity contribution in [3.8, 4) is 0 Å². The Bertz CT molecular complexity index is 126. The minimum Gasteiger partial charge on any atom is -0.309 e. The van der Waals surface area contributed by atoms with Crippen LogP contribution < -0.4 is 0 Å². The van der Waals surface area contributed by atoms with Gasteiger partial charge < -0.3 is 9.80 Å². The SMILES string of the molecule is CCC(CN(C)C)C(I)CN(C)C. The second-order valence-electron chi connectivity index (χ2n) is 4.21. The first kappa shape index (κ1) is 13.7. The average Bonchev–Trinajstić information content (AvgIpc) is 1.98. The molecule has 0 aromatic carbocycles. The van der Waals surface area contributed by atoms with Gasteiger partial charge in [0.15, 0.2) is 0 Å². The quantitative estimate of drug-likeness (QED) is 0.546. The van der Waals surface area contributed by atoms with Gasteiger partial charge in [-0.25, -0.2) is 0 Å². The summed E-state index contributed by atoms with van der Waals surface area (Å²) in [5, 5.41) is 0. The number of hydrogen-bond donors (Lipinski definition) is 0. The number of nitrogens with zero attached hydrogens (tertiary/aromatic N) is 2. The van der Waals surface area contributed by atoms with Crippen molar-refractivity contribution in [3.63, 3.8) is 0 Å². The van der Waals surface area contributed by atoms with Gasteiger partial charge in [-0.05, 0) is 34.1 Å². The fourth-order valence-corrected chi connectivity index (χ4v) is 2.99. The highest BCUT2D eigenvalue weighted by Gasteiger charge is 2.17. The summed E-state index contributed by atoms with van der Waals surface area (Å²) >= 11 is 2.58. The van der Waals surface area contributed by atoms with Gasteiger partial charge in [-0.3, -0.25) is 0 Å². The van der Waals surface area contributed by atoms with Crippen molar-refractivity contribution in [3.05, 3.63) is 0 Å². The van der Waals surface area contributed by atoms with Crippen LogP contribution in [0.2, 0.25) is 0 Å². The number of rotatable bonds is 6. The van der Waals surface area contributed by atoms with Gasteiger partial charge in [0.05, 0.1) is 0 Å². The van der Waals surface area contributed by atoms with E-state index in [1.165, 1.54) is 19.5 Å². The van der Waals surface area contributed by atoms with Crippen molar-refractivity contribution in [2.24, 2.45) is 5.92 Å². The van der Waals surface area contributed by atoms with Crippen LogP contribution in [0.5, 0.6) is 0 Å². The predicted molar refractivity (Wildman–Crippen MR) is 68.7 cm³/mol. The Morgan fingerprint density at radius 3 is 1.77 bits per heavy atom. The molecule has 0 spiro atoms. The van der Waals surface area contributed by atoms with Gasteiger partial charge in [0.1, 0.15) is 0 Å². The molecule has 0 saturated carbocycles. The lowest BCUT2D eigenvalue weighted by Crippen LogP contribution is -2.33. The topological polar surface area (TPSA) is 6.48 Å². The van der Waals surface area contributed by atoms with Gasteiger partial charge in [-0.2, -0.15) is 0 Å². The van der Waals surface area contributed by atoms with E-state index in [4.69, 9.17) is 0 Å². The molecule has 0 heterocycles. The molecule has 0 aromatic rings. The monoisotopic (exact) mass is 298 g/mol. The predicted octanol–water partition coefficient (Wildman–Crippen LogP) is 1.94. The fraction of sp³-hybridized carbons (Fsp3) is 1.00. The third-order valence-corrected chi connectivity index (χ3v) is 3.59. The third-order valence-electron chi connectivity index (χ3n) is 2.18. The van der Waals surface area contributed by atoms with Gasteiger partial charge in [0.25, 0.3) is 0 Å². The lowest BCUT2D eigenvalue weighted by Gasteiger charge is -2.26. The van der Waals surface area contributed by atoms with Crippen LogP contribution in [0.4, 0.5) is 0 Å². The first-order valence-electron chi connectivity index (χ1n) is 4.90. The second-order valence-corrected chi connectivity index (χ2v) is 5.81. The summed E-state index contributed by atoms with van der Waals surface area (Å²) in [6.45, 7) is 4.68. The highest BCUT2D eigenvalue weighted by Crippen LogP contribution is 2.18. The summed E-state index contributed by atoms with van der Waals surface area (Å²) in [6, 6.07) is 0. The summed E-state index contributed by atoms with van der Waals surface area (Å²) in [5.74, 6) is 0.818. The smallest absolute Gasteiger partial charge is 0.0277 e. The zero-order chi connectivity index (χ0) is 10.4. The summed E-state index contributed by atoms with van der Waals surface area (Å²) in [6.07, 6.45) is 1.28. The van der Waals surface area contributed by atoms with Crippen LogP contribution >= 0.6 is 22.6 Å². The van der Waals surface area contributed by atoms with E-state index in [1.807, 2.05) is 0 Å². The molecule has 0 amide bonds. The van der Waals surface area contributed by atoms with Crippen molar-refractivity contribution >= 4 is 22.6 Å². The molecule has 80 valence electrons. The molecule has 0 aliphatic rings. The zero-order valence-corrected chi connectivity index (χ0v) is 11.7. The van der Waals surface area contributed by atoms with Crippen LogP contribution in [0, 0.1) is 5.92 Å². The molecule has 0 aromatic heterocycles. The summed E-state index contributed by atoms with van der Waals surface area (Å²) in [7, 11) is 8.60. The van der Waals surface area contributed by atoms with Crippen LogP contribution in [-0.4, -0.2) is 55.0 Å². The molecule has 2 atom stereocenters. The summed E-state index contributed by atoms with van der Waals surface area (Å²) in [4.78, 5) is 4.56. The maximum absolute atomic E-state index is 2.58. The lowest BCUT2D eigenvalue weighted by atomic mass is 10.0. The van der Waals surface area contributed by atoms with Crippen molar-refractivity contribution in [1.29, 1.82) is 0 Å². The van der Waals surface area contributed by atoms with E-state index in [0.29, 0.717) is 0 Å². The van der Waals surface area contributed by atoms with Crippen LogP contribution in [0.15, 0.2) is 0 Å². The van der Waals surface area contributed by atoms with Crippen LogP contribution in [0.25, 0.3) is 0 Å². The van der Waals surface area contributed by atoms with E-state index in [0.717, 1.165) is 9.84 Å². The second kappa shape index (κ2) is 7.01. The number of alkyl halides is 1. The largest absolute Gasteiger partial charge is 0.309 e. The molecule has 0 radical (unpaired) electrons. The summed E-state index contributed by atoms with van der Waals surface area (Å²) in [5.41, 5.74) is 0. The van der Waals surface area contributed by atoms with Crippen molar-refractivity contribution in [1.82, 2.24) is 9.80 Å². The molecule has 0 saturated heterocycles. The molecular formula is C10H23IN2. The molecule has 0 rings (SSSR count). The Kier molecular flexibility index (Phi) is 7.36. The lowest BCUT2D eigenvalue weighted by molar-refractivity contribution is 0.289. The first-order valence-corrected chi connectivity index (χ1v) is 6.15. The van der Waals surface area contributed by atoms with Crippen molar-refractivity contribution < 1.29 is 0 Å². The minimum atomic E-state index is 0.764. The van der Waals surface area contributed by atoms with Crippen LogP contribution in [-0.2, 0) is 0 Å². The van der Waals surface area contributed by atoms with Gasteiger partial charge in [-0.15, -0.1) is 0 Å². The highest BCUT2D eigenvalue weighted by molar-refractivity contribution is 14.1. The molecule has 0 aliphatic heterocycles. The van der Waals surface area contributed by atoms with E-state index in [2.05, 4.69) is 67.5 Å². The molecule has 13 heavy (non-hydrogen) atoms.